The average Bonchev–Trinajstić information content (AvgIpc) is 2.76. The van der Waals surface area contributed by atoms with Crippen LogP contribution >= 0.6 is 0 Å². The van der Waals surface area contributed by atoms with Gasteiger partial charge in [-0.25, -0.2) is 0 Å². The number of amides is 1. The number of hydrogen-bond acceptors (Lipinski definition) is 3. The second-order valence-corrected chi connectivity index (χ2v) is 6.02. The molecule has 1 aromatic rings. The minimum Gasteiger partial charge on any atom is -0.481 e. The van der Waals surface area contributed by atoms with Crippen LogP contribution in [0.15, 0.2) is 6.20 Å². The van der Waals surface area contributed by atoms with E-state index in [0.717, 1.165) is 32.1 Å². The highest BCUT2D eigenvalue weighted by Crippen LogP contribution is 2.36. The molecule has 1 fully saturated rings. The number of hydrogen-bond donors (Lipinski definition) is 1. The maximum Gasteiger partial charge on any atom is 0.305 e. The van der Waals surface area contributed by atoms with Crippen LogP contribution in [-0.2, 0) is 11.8 Å². The number of rotatable bonds is 4. The fourth-order valence-electron chi connectivity index (χ4n) is 3.33. The first-order valence-corrected chi connectivity index (χ1v) is 7.36. The summed E-state index contributed by atoms with van der Waals surface area (Å²) in [4.78, 5) is 25.6. The van der Waals surface area contributed by atoms with Gasteiger partial charge in [0, 0.05) is 20.3 Å². The van der Waals surface area contributed by atoms with E-state index in [1.165, 1.54) is 0 Å². The van der Waals surface area contributed by atoms with E-state index in [1.54, 1.807) is 36.8 Å². The summed E-state index contributed by atoms with van der Waals surface area (Å²) >= 11 is 0. The van der Waals surface area contributed by atoms with Crippen molar-refractivity contribution in [3.05, 3.63) is 17.5 Å². The third-order valence-corrected chi connectivity index (χ3v) is 4.52. The summed E-state index contributed by atoms with van der Waals surface area (Å²) in [5.74, 6) is -0.983. The fourth-order valence-corrected chi connectivity index (χ4v) is 3.33. The number of carboxylic acid groups (broad SMARTS) is 1. The van der Waals surface area contributed by atoms with E-state index >= 15 is 0 Å². The van der Waals surface area contributed by atoms with Crippen molar-refractivity contribution in [2.24, 2.45) is 7.05 Å². The Kier molecular flexibility index (Phi) is 4.34. The van der Waals surface area contributed by atoms with Gasteiger partial charge in [0.25, 0.3) is 5.91 Å². The van der Waals surface area contributed by atoms with Crippen LogP contribution in [0, 0.1) is 6.92 Å². The van der Waals surface area contributed by atoms with Gasteiger partial charge in [-0.15, -0.1) is 0 Å². The van der Waals surface area contributed by atoms with Gasteiger partial charge >= 0.3 is 5.97 Å². The highest BCUT2D eigenvalue weighted by Gasteiger charge is 2.41. The molecule has 6 heteroatoms. The van der Waals surface area contributed by atoms with Gasteiger partial charge in [-0.05, 0) is 19.8 Å². The maximum atomic E-state index is 12.7. The van der Waals surface area contributed by atoms with Gasteiger partial charge in [-0.1, -0.05) is 19.3 Å². The van der Waals surface area contributed by atoms with E-state index in [1.807, 2.05) is 0 Å². The van der Waals surface area contributed by atoms with Crippen LogP contribution < -0.4 is 0 Å². The number of carbonyl (C=O) groups is 2. The topological polar surface area (TPSA) is 75.4 Å². The standard InChI is InChI=1S/C15H23N3O3/c1-11-12(10-17(2)16-11)14(21)18(3)15(9-13(19)20)7-5-4-6-8-15/h10H,4-9H2,1-3H3,(H,19,20). The van der Waals surface area contributed by atoms with Gasteiger partial charge in [0.1, 0.15) is 0 Å². The van der Waals surface area contributed by atoms with Crippen molar-refractivity contribution in [3.8, 4) is 0 Å². The molecule has 6 nitrogen and oxygen atoms in total. The number of aliphatic carboxylic acids is 1. The molecule has 116 valence electrons. The number of aryl methyl sites for hydroxylation is 2. The molecule has 0 radical (unpaired) electrons. The molecule has 0 spiro atoms. The van der Waals surface area contributed by atoms with Crippen molar-refractivity contribution in [3.63, 3.8) is 0 Å². The second-order valence-electron chi connectivity index (χ2n) is 6.02. The summed E-state index contributed by atoms with van der Waals surface area (Å²) < 4.78 is 1.61. The zero-order chi connectivity index (χ0) is 15.6. The average molecular weight is 293 g/mol. The highest BCUT2D eigenvalue weighted by molar-refractivity contribution is 5.95. The van der Waals surface area contributed by atoms with Crippen molar-refractivity contribution in [2.45, 2.75) is 51.0 Å². The number of carbonyl (C=O) groups excluding carboxylic acids is 1. The summed E-state index contributed by atoms with van der Waals surface area (Å²) in [6, 6.07) is 0. The Morgan fingerprint density at radius 2 is 2.00 bits per heavy atom. The molecule has 0 aliphatic heterocycles. The van der Waals surface area contributed by atoms with Gasteiger partial charge in [-0.3, -0.25) is 14.3 Å². The molecule has 2 rings (SSSR count). The zero-order valence-electron chi connectivity index (χ0n) is 12.9. The summed E-state index contributed by atoms with van der Waals surface area (Å²) in [6.07, 6.45) is 6.25. The molecule has 21 heavy (non-hydrogen) atoms. The number of aromatic nitrogens is 2. The molecule has 0 saturated heterocycles. The van der Waals surface area contributed by atoms with E-state index in [9.17, 15) is 14.7 Å². The van der Waals surface area contributed by atoms with E-state index in [-0.39, 0.29) is 12.3 Å². The molecular formula is C15H23N3O3. The Morgan fingerprint density at radius 3 is 2.48 bits per heavy atom. The van der Waals surface area contributed by atoms with E-state index < -0.39 is 11.5 Å². The van der Waals surface area contributed by atoms with E-state index in [2.05, 4.69) is 5.10 Å². The maximum absolute atomic E-state index is 12.7. The molecule has 0 bridgehead atoms. The Balaban J connectivity index is 2.29. The van der Waals surface area contributed by atoms with Gasteiger partial charge in [0.2, 0.25) is 0 Å². The molecule has 0 unspecified atom stereocenters. The molecule has 1 aromatic heterocycles. The van der Waals surface area contributed by atoms with E-state index in [0.29, 0.717) is 11.3 Å². The van der Waals surface area contributed by atoms with E-state index in [4.69, 9.17) is 0 Å². The van der Waals surface area contributed by atoms with Gasteiger partial charge in [0.15, 0.2) is 0 Å². The monoisotopic (exact) mass is 293 g/mol. The van der Waals surface area contributed by atoms with Crippen LogP contribution in [0.1, 0.15) is 54.6 Å². The minimum absolute atomic E-state index is 0.00848. The van der Waals surface area contributed by atoms with Crippen LogP contribution in [0.4, 0.5) is 0 Å². The lowest BCUT2D eigenvalue weighted by atomic mass is 9.78. The van der Waals surface area contributed by atoms with Gasteiger partial charge < -0.3 is 10.0 Å². The highest BCUT2D eigenvalue weighted by atomic mass is 16.4. The lowest BCUT2D eigenvalue weighted by Gasteiger charge is -2.43. The Bertz CT molecular complexity index is 544. The predicted octanol–water partition coefficient (Wildman–Crippen LogP) is 1.98. The SMILES string of the molecule is Cc1nn(C)cc1C(=O)N(C)C1(CC(=O)O)CCCCC1. The largest absolute Gasteiger partial charge is 0.481 e. The van der Waals surface area contributed by atoms with Crippen molar-refractivity contribution in [1.82, 2.24) is 14.7 Å². The Hall–Kier alpha value is -1.85. The van der Waals surface area contributed by atoms with Gasteiger partial charge in [0.05, 0.1) is 23.2 Å². The Morgan fingerprint density at radius 1 is 1.38 bits per heavy atom. The smallest absolute Gasteiger partial charge is 0.305 e. The third kappa shape index (κ3) is 3.09. The van der Waals surface area contributed by atoms with Crippen LogP contribution in [0.5, 0.6) is 0 Å². The predicted molar refractivity (Wildman–Crippen MR) is 78.1 cm³/mol. The quantitative estimate of drug-likeness (QED) is 0.921. The van der Waals surface area contributed by atoms with Crippen LogP contribution in [-0.4, -0.2) is 44.3 Å². The fraction of sp³-hybridized carbons (Fsp3) is 0.667. The van der Waals surface area contributed by atoms with Crippen molar-refractivity contribution in [1.29, 1.82) is 0 Å². The molecule has 1 heterocycles. The van der Waals surface area contributed by atoms with Crippen LogP contribution in [0.3, 0.4) is 0 Å². The summed E-state index contributed by atoms with van der Waals surface area (Å²) in [7, 11) is 3.50. The normalized spacial score (nSPS) is 17.5. The lowest BCUT2D eigenvalue weighted by Crippen LogP contribution is -2.52. The number of nitrogens with zero attached hydrogens (tertiary/aromatic N) is 3. The van der Waals surface area contributed by atoms with Crippen LogP contribution in [0.2, 0.25) is 0 Å². The van der Waals surface area contributed by atoms with Crippen molar-refractivity contribution >= 4 is 11.9 Å². The molecule has 1 aliphatic carbocycles. The first-order valence-electron chi connectivity index (χ1n) is 7.36. The first kappa shape index (κ1) is 15.5. The lowest BCUT2D eigenvalue weighted by molar-refractivity contribution is -0.140. The summed E-state index contributed by atoms with van der Waals surface area (Å²) in [5, 5.41) is 13.4. The zero-order valence-corrected chi connectivity index (χ0v) is 12.9. The molecule has 1 N–H and O–H groups in total. The Labute approximate surface area is 124 Å². The number of carboxylic acids is 1. The van der Waals surface area contributed by atoms with Gasteiger partial charge in [-0.2, -0.15) is 5.10 Å². The minimum atomic E-state index is -0.848. The summed E-state index contributed by atoms with van der Waals surface area (Å²) in [6.45, 7) is 1.80. The summed E-state index contributed by atoms with van der Waals surface area (Å²) in [5.41, 5.74) is 0.662. The third-order valence-electron chi connectivity index (χ3n) is 4.52. The van der Waals surface area contributed by atoms with Crippen molar-refractivity contribution < 1.29 is 14.7 Å². The first-order chi connectivity index (χ1) is 9.85. The second kappa shape index (κ2) is 5.87. The molecule has 0 aromatic carbocycles. The molecular weight excluding hydrogens is 270 g/mol. The van der Waals surface area contributed by atoms with Crippen LogP contribution in [0.25, 0.3) is 0 Å². The molecule has 1 aliphatic rings. The molecule has 0 atom stereocenters. The molecule has 1 saturated carbocycles. The molecule has 1 amide bonds. The van der Waals surface area contributed by atoms with Crippen molar-refractivity contribution in [2.75, 3.05) is 7.05 Å².